The summed E-state index contributed by atoms with van der Waals surface area (Å²) >= 11 is 6.47. The van der Waals surface area contributed by atoms with Crippen LogP contribution in [0.4, 0.5) is 0 Å². The van der Waals surface area contributed by atoms with Crippen molar-refractivity contribution in [1.82, 2.24) is 4.98 Å². The molecule has 0 fully saturated rings. The normalized spacial score (nSPS) is 10.5. The van der Waals surface area contributed by atoms with Gasteiger partial charge in [0.1, 0.15) is 11.5 Å². The topological polar surface area (TPSA) is 73.3 Å². The molecule has 1 aromatic carbocycles. The second kappa shape index (κ2) is 4.54. The highest BCUT2D eigenvalue weighted by Gasteiger charge is 2.17. The van der Waals surface area contributed by atoms with Gasteiger partial charge in [0.2, 0.25) is 5.78 Å². The summed E-state index contributed by atoms with van der Waals surface area (Å²) in [7, 11) is 0. The minimum absolute atomic E-state index is 0.0475. The van der Waals surface area contributed by atoms with Crippen molar-refractivity contribution in [2.75, 3.05) is 0 Å². The van der Waals surface area contributed by atoms with Crippen LogP contribution in [-0.4, -0.2) is 21.0 Å². The van der Waals surface area contributed by atoms with Crippen molar-refractivity contribution in [3.8, 4) is 11.5 Å². The molecule has 4 nitrogen and oxygen atoms in total. The molecule has 1 heterocycles. The monoisotopic (exact) mass is 359 g/mol. The van der Waals surface area contributed by atoms with E-state index in [1.165, 1.54) is 18.2 Å². The molecule has 0 amide bonds. The molecule has 2 aromatic rings. The first kappa shape index (κ1) is 12.2. The fourth-order valence-corrected chi connectivity index (χ4v) is 2.03. The molecule has 3 N–H and O–H groups in total. The van der Waals surface area contributed by atoms with Crippen LogP contribution in [0.25, 0.3) is 0 Å². The van der Waals surface area contributed by atoms with Crippen LogP contribution in [0, 0.1) is 0 Å². The maximum absolute atomic E-state index is 12.0. The molecule has 0 unspecified atom stereocenters. The molecule has 1 aromatic heterocycles. The summed E-state index contributed by atoms with van der Waals surface area (Å²) in [6, 6.07) is 5.40. The molecule has 88 valence electrons. The van der Waals surface area contributed by atoms with Gasteiger partial charge in [-0.1, -0.05) is 0 Å². The molecular weight excluding hydrogens is 354 g/mol. The standard InChI is InChI=1S/C11H7Br2NO3/c12-7-4-8(14-11(7)13)10(17)6-3-5(15)1-2-9(6)16/h1-4,14-16H. The van der Waals surface area contributed by atoms with Crippen molar-refractivity contribution in [2.45, 2.75) is 0 Å². The number of carbonyl (C=O) groups is 1. The number of hydrogen-bond acceptors (Lipinski definition) is 3. The number of halogens is 2. The number of ketones is 1. The summed E-state index contributed by atoms with van der Waals surface area (Å²) in [5.41, 5.74) is 0.357. The quantitative estimate of drug-likeness (QED) is 0.568. The number of hydrogen-bond donors (Lipinski definition) is 3. The molecule has 0 aliphatic carbocycles. The van der Waals surface area contributed by atoms with Crippen LogP contribution >= 0.6 is 31.9 Å². The summed E-state index contributed by atoms with van der Waals surface area (Å²) in [5, 5.41) is 18.9. The zero-order chi connectivity index (χ0) is 12.6. The van der Waals surface area contributed by atoms with Crippen molar-refractivity contribution in [2.24, 2.45) is 0 Å². The Labute approximate surface area is 114 Å². The third-order valence-electron chi connectivity index (χ3n) is 2.19. The van der Waals surface area contributed by atoms with E-state index in [0.29, 0.717) is 14.8 Å². The molecule has 6 heteroatoms. The highest BCUT2D eigenvalue weighted by molar-refractivity contribution is 9.13. The minimum atomic E-state index is -0.398. The molecule has 0 saturated carbocycles. The Morgan fingerprint density at radius 1 is 1.18 bits per heavy atom. The fourth-order valence-electron chi connectivity index (χ4n) is 1.38. The van der Waals surface area contributed by atoms with Gasteiger partial charge in [-0.05, 0) is 56.1 Å². The summed E-state index contributed by atoms with van der Waals surface area (Å²) in [4.78, 5) is 14.9. The van der Waals surface area contributed by atoms with Crippen LogP contribution < -0.4 is 0 Å². The third kappa shape index (κ3) is 2.37. The Morgan fingerprint density at radius 3 is 2.47 bits per heavy atom. The summed E-state index contributed by atoms with van der Waals surface area (Å²) in [6.45, 7) is 0. The van der Waals surface area contributed by atoms with Crippen LogP contribution in [0.3, 0.4) is 0 Å². The number of phenols is 2. The zero-order valence-electron chi connectivity index (χ0n) is 8.37. The van der Waals surface area contributed by atoms with Gasteiger partial charge in [-0.25, -0.2) is 0 Å². The fraction of sp³-hybridized carbons (Fsp3) is 0. The van der Waals surface area contributed by atoms with Gasteiger partial charge in [0, 0.05) is 0 Å². The van der Waals surface area contributed by atoms with Crippen LogP contribution in [0.5, 0.6) is 11.5 Å². The molecule has 0 bridgehead atoms. The van der Waals surface area contributed by atoms with Crippen LogP contribution in [0.15, 0.2) is 33.3 Å². The van der Waals surface area contributed by atoms with Crippen LogP contribution in [-0.2, 0) is 0 Å². The minimum Gasteiger partial charge on any atom is -0.508 e. The number of H-pyrrole nitrogens is 1. The average Bonchev–Trinajstić information content (AvgIpc) is 2.62. The number of aromatic nitrogens is 1. The lowest BCUT2D eigenvalue weighted by Gasteiger charge is -2.02. The van der Waals surface area contributed by atoms with Crippen molar-refractivity contribution >= 4 is 37.6 Å². The first-order chi connectivity index (χ1) is 7.99. The van der Waals surface area contributed by atoms with E-state index in [2.05, 4.69) is 36.8 Å². The molecular formula is C11H7Br2NO3. The second-order valence-corrected chi connectivity index (χ2v) is 5.02. The lowest BCUT2D eigenvalue weighted by atomic mass is 10.1. The van der Waals surface area contributed by atoms with E-state index in [4.69, 9.17) is 0 Å². The third-order valence-corrected chi connectivity index (χ3v) is 3.98. The van der Waals surface area contributed by atoms with E-state index in [-0.39, 0.29) is 17.1 Å². The van der Waals surface area contributed by atoms with Crippen LogP contribution in [0.2, 0.25) is 0 Å². The summed E-state index contributed by atoms with van der Waals surface area (Å²) in [6.07, 6.45) is 0. The molecule has 0 radical (unpaired) electrons. The van der Waals surface area contributed by atoms with Crippen LogP contribution in [0.1, 0.15) is 16.1 Å². The average molecular weight is 361 g/mol. The maximum atomic E-state index is 12.0. The maximum Gasteiger partial charge on any atom is 0.213 e. The molecule has 0 atom stereocenters. The van der Waals surface area contributed by atoms with Crippen molar-refractivity contribution < 1.29 is 15.0 Å². The van der Waals surface area contributed by atoms with Gasteiger partial charge < -0.3 is 15.2 Å². The van der Waals surface area contributed by atoms with E-state index in [1.807, 2.05) is 0 Å². The van der Waals surface area contributed by atoms with E-state index >= 15 is 0 Å². The highest BCUT2D eigenvalue weighted by Crippen LogP contribution is 2.28. The molecule has 0 spiro atoms. The largest absolute Gasteiger partial charge is 0.508 e. The Kier molecular flexibility index (Phi) is 3.26. The molecule has 0 aliphatic rings. The van der Waals surface area contributed by atoms with Crippen molar-refractivity contribution in [1.29, 1.82) is 0 Å². The smallest absolute Gasteiger partial charge is 0.213 e. The number of nitrogens with one attached hydrogen (secondary N) is 1. The van der Waals surface area contributed by atoms with Gasteiger partial charge in [0.15, 0.2) is 0 Å². The second-order valence-electron chi connectivity index (χ2n) is 3.38. The number of aromatic amines is 1. The first-order valence-electron chi connectivity index (χ1n) is 4.59. The molecule has 17 heavy (non-hydrogen) atoms. The Hall–Kier alpha value is -1.27. The number of carbonyl (C=O) groups excluding carboxylic acids is 1. The van der Waals surface area contributed by atoms with Gasteiger partial charge in [-0.15, -0.1) is 0 Å². The molecule has 0 aliphatic heterocycles. The Bertz CT molecular complexity index is 573. The van der Waals surface area contributed by atoms with E-state index in [9.17, 15) is 15.0 Å². The number of rotatable bonds is 2. The van der Waals surface area contributed by atoms with Gasteiger partial charge in [0.25, 0.3) is 0 Å². The summed E-state index contributed by atoms with van der Waals surface area (Å²) < 4.78 is 1.35. The predicted octanol–water partition coefficient (Wildman–Crippen LogP) is 3.18. The lowest BCUT2D eigenvalue weighted by Crippen LogP contribution is -2.01. The zero-order valence-corrected chi connectivity index (χ0v) is 11.5. The van der Waals surface area contributed by atoms with Gasteiger partial charge in [0.05, 0.1) is 20.3 Å². The Morgan fingerprint density at radius 2 is 1.88 bits per heavy atom. The van der Waals surface area contributed by atoms with Crippen molar-refractivity contribution in [3.63, 3.8) is 0 Å². The SMILES string of the molecule is O=C(c1cc(Br)c(Br)[nH]1)c1cc(O)ccc1O. The predicted molar refractivity (Wildman–Crippen MR) is 69.4 cm³/mol. The number of phenolic OH excluding ortho intramolecular Hbond substituents is 2. The summed E-state index contributed by atoms with van der Waals surface area (Å²) in [5.74, 6) is -0.643. The lowest BCUT2D eigenvalue weighted by molar-refractivity contribution is 0.103. The number of aromatic hydroxyl groups is 2. The number of benzene rings is 1. The Balaban J connectivity index is 2.47. The van der Waals surface area contributed by atoms with Gasteiger partial charge >= 0.3 is 0 Å². The van der Waals surface area contributed by atoms with Gasteiger partial charge in [-0.2, -0.15) is 0 Å². The highest BCUT2D eigenvalue weighted by atomic mass is 79.9. The van der Waals surface area contributed by atoms with E-state index in [1.54, 1.807) is 6.07 Å². The van der Waals surface area contributed by atoms with Gasteiger partial charge in [-0.3, -0.25) is 4.79 Å². The molecule has 0 saturated heterocycles. The van der Waals surface area contributed by atoms with E-state index < -0.39 is 5.78 Å². The van der Waals surface area contributed by atoms with Crippen molar-refractivity contribution in [3.05, 3.63) is 44.6 Å². The first-order valence-corrected chi connectivity index (χ1v) is 6.18. The van der Waals surface area contributed by atoms with E-state index in [0.717, 1.165) is 0 Å². The molecule has 2 rings (SSSR count).